The fourth-order valence-electron chi connectivity index (χ4n) is 5.85. The molecular weight excluding hydrogens is 624 g/mol. The number of urea groups is 1. The number of aliphatic hydroxyl groups excluding tert-OH is 1. The van der Waals surface area contributed by atoms with Crippen LogP contribution in [-0.4, -0.2) is 92.7 Å². The van der Waals surface area contributed by atoms with E-state index >= 15 is 0 Å². The minimum atomic E-state index is -0.471. The fourth-order valence-corrected chi connectivity index (χ4v) is 5.85. The SMILES string of the molecule is COc1ccc(CN(C)C[C@@H]2OCCCC[C@H](C)Oc3ccc(NC(=O)Nc4ccc(OC)cc4)cc3C(=O)N([C@@H](C)CO)C[C@@H]2C)cc1. The van der Waals surface area contributed by atoms with E-state index in [-0.39, 0.29) is 30.6 Å². The van der Waals surface area contributed by atoms with Gasteiger partial charge in [-0.3, -0.25) is 9.69 Å². The minimum Gasteiger partial charge on any atom is -0.497 e. The highest BCUT2D eigenvalue weighted by Crippen LogP contribution is 2.29. The minimum absolute atomic E-state index is 0.0564. The lowest BCUT2D eigenvalue weighted by molar-refractivity contribution is -0.0177. The first-order valence-electron chi connectivity index (χ1n) is 17.0. The molecule has 0 aromatic heterocycles. The largest absolute Gasteiger partial charge is 0.497 e. The molecule has 0 radical (unpaired) electrons. The number of amides is 3. The first-order valence-corrected chi connectivity index (χ1v) is 17.0. The Morgan fingerprint density at radius 1 is 0.980 bits per heavy atom. The molecule has 266 valence electrons. The summed E-state index contributed by atoms with van der Waals surface area (Å²) in [4.78, 5) is 31.2. The van der Waals surface area contributed by atoms with E-state index in [1.165, 1.54) is 0 Å². The molecule has 0 saturated carbocycles. The van der Waals surface area contributed by atoms with Gasteiger partial charge in [0.25, 0.3) is 5.91 Å². The fraction of sp³-hybridized carbons (Fsp3) is 0.474. The Balaban J connectivity index is 1.56. The van der Waals surface area contributed by atoms with E-state index in [0.29, 0.717) is 48.1 Å². The van der Waals surface area contributed by atoms with Crippen LogP contribution in [0.15, 0.2) is 66.7 Å². The van der Waals surface area contributed by atoms with E-state index in [2.05, 4.69) is 41.6 Å². The first-order chi connectivity index (χ1) is 23.6. The van der Waals surface area contributed by atoms with Crippen molar-refractivity contribution in [2.75, 3.05) is 58.2 Å². The third-order valence-electron chi connectivity index (χ3n) is 8.76. The summed E-state index contributed by atoms with van der Waals surface area (Å²) < 4.78 is 23.3. The monoisotopic (exact) mass is 676 g/mol. The van der Waals surface area contributed by atoms with Crippen LogP contribution in [0.5, 0.6) is 17.2 Å². The van der Waals surface area contributed by atoms with E-state index < -0.39 is 12.1 Å². The van der Waals surface area contributed by atoms with Gasteiger partial charge in [-0.15, -0.1) is 0 Å². The molecule has 3 N–H and O–H groups in total. The number of anilines is 2. The number of aliphatic hydroxyl groups is 1. The van der Waals surface area contributed by atoms with Crippen molar-refractivity contribution >= 4 is 23.3 Å². The number of rotatable bonds is 10. The Kier molecular flexibility index (Phi) is 14.1. The summed E-state index contributed by atoms with van der Waals surface area (Å²) in [6, 6.07) is 19.2. The second-order valence-corrected chi connectivity index (χ2v) is 12.9. The van der Waals surface area contributed by atoms with E-state index in [1.807, 2.05) is 26.0 Å². The molecule has 3 amide bonds. The Hall–Kier alpha value is -4.32. The van der Waals surface area contributed by atoms with Gasteiger partial charge in [-0.25, -0.2) is 4.79 Å². The molecule has 0 fully saturated rings. The number of nitrogens with zero attached hydrogens (tertiary/aromatic N) is 2. The summed E-state index contributed by atoms with van der Waals surface area (Å²) in [5.74, 6) is 1.58. The molecule has 0 spiro atoms. The summed E-state index contributed by atoms with van der Waals surface area (Å²) >= 11 is 0. The van der Waals surface area contributed by atoms with Gasteiger partial charge in [0.15, 0.2) is 0 Å². The van der Waals surface area contributed by atoms with Crippen molar-refractivity contribution in [2.45, 2.75) is 64.8 Å². The average molecular weight is 677 g/mol. The molecule has 4 atom stereocenters. The molecule has 1 aliphatic rings. The molecular formula is C38H52N4O7. The van der Waals surface area contributed by atoms with Crippen LogP contribution in [0.25, 0.3) is 0 Å². The number of carbonyl (C=O) groups is 2. The molecule has 1 aliphatic heterocycles. The molecule has 11 heteroatoms. The molecule has 1 heterocycles. The third-order valence-corrected chi connectivity index (χ3v) is 8.76. The van der Waals surface area contributed by atoms with Gasteiger partial charge in [0.2, 0.25) is 0 Å². The van der Waals surface area contributed by atoms with Crippen LogP contribution < -0.4 is 24.8 Å². The maximum absolute atomic E-state index is 14.4. The average Bonchev–Trinajstić information content (AvgIpc) is 3.10. The standard InChI is InChI=1S/C38H52N4O7/c1-26-22-42(27(2)25-43)37(44)34-21-31(40-38(45)39-30-12-17-33(47-6)18-13-30)14-19-35(34)49-28(3)9-7-8-20-48-36(26)24-41(4)23-29-10-15-32(46-5)16-11-29/h10-19,21,26-28,36,43H,7-9,20,22-25H2,1-6H3,(H2,39,40,45)/t26-,27-,28-,36-/m0/s1. The lowest BCUT2D eigenvalue weighted by Gasteiger charge is -2.36. The van der Waals surface area contributed by atoms with Crippen LogP contribution in [-0.2, 0) is 11.3 Å². The second-order valence-electron chi connectivity index (χ2n) is 12.9. The Morgan fingerprint density at radius 3 is 2.27 bits per heavy atom. The van der Waals surface area contributed by atoms with Gasteiger partial charge in [0.1, 0.15) is 17.2 Å². The Morgan fingerprint density at radius 2 is 1.61 bits per heavy atom. The topological polar surface area (TPSA) is 122 Å². The molecule has 3 aromatic rings. The van der Waals surface area contributed by atoms with E-state index in [4.69, 9.17) is 18.9 Å². The number of ether oxygens (including phenoxy) is 4. The second kappa shape index (κ2) is 18.4. The number of fused-ring (bicyclic) bond motifs is 1. The summed E-state index contributed by atoms with van der Waals surface area (Å²) in [7, 11) is 5.31. The third kappa shape index (κ3) is 11.1. The number of nitrogens with one attached hydrogen (secondary N) is 2. The zero-order valence-electron chi connectivity index (χ0n) is 29.6. The van der Waals surface area contributed by atoms with E-state index in [1.54, 1.807) is 61.6 Å². The van der Waals surface area contributed by atoms with Gasteiger partial charge in [-0.05, 0) is 100 Å². The van der Waals surface area contributed by atoms with E-state index in [0.717, 1.165) is 37.1 Å². The molecule has 0 bridgehead atoms. The molecule has 3 aromatic carbocycles. The van der Waals surface area contributed by atoms with Crippen molar-refractivity contribution < 1.29 is 33.6 Å². The predicted octanol–water partition coefficient (Wildman–Crippen LogP) is 6.28. The van der Waals surface area contributed by atoms with Crippen LogP contribution in [0.2, 0.25) is 0 Å². The van der Waals surface area contributed by atoms with Gasteiger partial charge < -0.3 is 39.6 Å². The number of methoxy groups -OCH3 is 2. The molecule has 11 nitrogen and oxygen atoms in total. The molecule has 0 unspecified atom stereocenters. The zero-order chi connectivity index (χ0) is 35.3. The van der Waals surface area contributed by atoms with E-state index in [9.17, 15) is 14.7 Å². The highest BCUT2D eigenvalue weighted by molar-refractivity contribution is 6.02. The van der Waals surface area contributed by atoms with Crippen molar-refractivity contribution in [3.63, 3.8) is 0 Å². The van der Waals surface area contributed by atoms with Crippen molar-refractivity contribution in [3.8, 4) is 17.2 Å². The van der Waals surface area contributed by atoms with Crippen molar-refractivity contribution in [1.82, 2.24) is 9.80 Å². The molecule has 4 rings (SSSR count). The number of likely N-dealkylation sites (N-methyl/N-ethyl adjacent to an activating group) is 1. The number of benzene rings is 3. The summed E-state index contributed by atoms with van der Waals surface area (Å²) in [5, 5.41) is 15.9. The quantitative estimate of drug-likeness (QED) is 0.230. The van der Waals surface area contributed by atoms with Gasteiger partial charge in [-0.2, -0.15) is 0 Å². The summed E-state index contributed by atoms with van der Waals surface area (Å²) in [6.07, 6.45) is 2.27. The Labute approximate surface area is 290 Å². The van der Waals surface area contributed by atoms with Crippen LogP contribution in [0.1, 0.15) is 56.0 Å². The highest BCUT2D eigenvalue weighted by atomic mass is 16.5. The van der Waals surface area contributed by atoms with Crippen LogP contribution >= 0.6 is 0 Å². The van der Waals surface area contributed by atoms with Gasteiger partial charge in [0.05, 0.1) is 44.6 Å². The van der Waals surface area contributed by atoms with Crippen LogP contribution in [0, 0.1) is 5.92 Å². The molecule has 0 aliphatic carbocycles. The van der Waals surface area contributed by atoms with Crippen molar-refractivity contribution in [2.24, 2.45) is 5.92 Å². The van der Waals surface area contributed by atoms with Gasteiger partial charge >= 0.3 is 6.03 Å². The maximum atomic E-state index is 14.4. The molecule has 0 saturated heterocycles. The lowest BCUT2D eigenvalue weighted by atomic mass is 10.0. The summed E-state index contributed by atoms with van der Waals surface area (Å²) in [6.45, 7) is 8.04. The Bertz CT molecular complexity index is 1480. The maximum Gasteiger partial charge on any atom is 0.323 e. The first kappa shape index (κ1) is 37.5. The zero-order valence-corrected chi connectivity index (χ0v) is 29.6. The van der Waals surface area contributed by atoms with Crippen molar-refractivity contribution in [1.29, 1.82) is 0 Å². The highest BCUT2D eigenvalue weighted by Gasteiger charge is 2.30. The number of carbonyl (C=O) groups excluding carboxylic acids is 2. The van der Waals surface area contributed by atoms with Gasteiger partial charge in [0, 0.05) is 43.5 Å². The smallest absolute Gasteiger partial charge is 0.323 e. The molecule has 49 heavy (non-hydrogen) atoms. The van der Waals surface area contributed by atoms with Crippen LogP contribution in [0.3, 0.4) is 0 Å². The number of hydrogen-bond donors (Lipinski definition) is 3. The predicted molar refractivity (Wildman–Crippen MR) is 192 cm³/mol. The lowest BCUT2D eigenvalue weighted by Crippen LogP contribution is -2.47. The van der Waals surface area contributed by atoms with Gasteiger partial charge in [-0.1, -0.05) is 19.1 Å². The van der Waals surface area contributed by atoms with Crippen molar-refractivity contribution in [3.05, 3.63) is 77.9 Å². The normalized spacial score (nSPS) is 19.6. The number of hydrogen-bond acceptors (Lipinski definition) is 8. The summed E-state index contributed by atoms with van der Waals surface area (Å²) in [5.41, 5.74) is 2.50. The van der Waals surface area contributed by atoms with Crippen LogP contribution in [0.4, 0.5) is 16.2 Å².